The zero-order valence-corrected chi connectivity index (χ0v) is 5.39. The molecule has 0 aliphatic heterocycles. The topological polar surface area (TPSA) is 17.1 Å². The van der Waals surface area contributed by atoms with E-state index >= 15 is 0 Å². The van der Waals surface area contributed by atoms with Gasteiger partial charge in [0.25, 0.3) is 5.24 Å². The molecule has 0 spiro atoms. The van der Waals surface area contributed by atoms with Crippen molar-refractivity contribution in [1.29, 1.82) is 0 Å². The first-order valence-electron chi connectivity index (χ1n) is 1.34. The standard InChI is InChI=1S/C3HCl3O/c4-1-2(5)3(6)7/h1H. The Morgan fingerprint density at radius 1 is 1.43 bits per heavy atom. The van der Waals surface area contributed by atoms with Crippen LogP contribution in [0.5, 0.6) is 0 Å². The fourth-order valence-electron chi connectivity index (χ4n) is 0.0429. The van der Waals surface area contributed by atoms with Gasteiger partial charge in [0.1, 0.15) is 5.03 Å². The van der Waals surface area contributed by atoms with Crippen molar-refractivity contribution in [2.45, 2.75) is 0 Å². The lowest BCUT2D eigenvalue weighted by atomic mass is 10.7. The summed E-state index contributed by atoms with van der Waals surface area (Å²) < 4.78 is 0. The first-order valence-corrected chi connectivity index (χ1v) is 2.53. The summed E-state index contributed by atoms with van der Waals surface area (Å²) in [6.45, 7) is 0. The molecule has 0 aliphatic carbocycles. The Morgan fingerprint density at radius 3 is 1.86 bits per heavy atom. The number of rotatable bonds is 1. The molecule has 0 heterocycles. The van der Waals surface area contributed by atoms with Crippen LogP contribution < -0.4 is 0 Å². The van der Waals surface area contributed by atoms with E-state index in [9.17, 15) is 4.79 Å². The summed E-state index contributed by atoms with van der Waals surface area (Å²) in [4.78, 5) is 9.86. The summed E-state index contributed by atoms with van der Waals surface area (Å²) >= 11 is 14.8. The largest absolute Gasteiger partial charge is 0.275 e. The summed E-state index contributed by atoms with van der Waals surface area (Å²) in [7, 11) is 0. The SMILES string of the molecule is O=C(Cl)C(Cl)=CCl. The van der Waals surface area contributed by atoms with Gasteiger partial charge in [-0.3, -0.25) is 4.79 Å². The van der Waals surface area contributed by atoms with Crippen LogP contribution in [0.15, 0.2) is 10.6 Å². The van der Waals surface area contributed by atoms with Crippen molar-refractivity contribution in [2.75, 3.05) is 0 Å². The van der Waals surface area contributed by atoms with Gasteiger partial charge in [-0.05, 0) is 11.6 Å². The van der Waals surface area contributed by atoms with Gasteiger partial charge < -0.3 is 0 Å². The lowest BCUT2D eigenvalue weighted by Crippen LogP contribution is -1.80. The minimum Gasteiger partial charge on any atom is -0.275 e. The van der Waals surface area contributed by atoms with Gasteiger partial charge in [-0.25, -0.2) is 0 Å². The molecule has 4 heteroatoms. The first-order chi connectivity index (χ1) is 3.18. The van der Waals surface area contributed by atoms with Gasteiger partial charge in [0, 0.05) is 5.54 Å². The van der Waals surface area contributed by atoms with Gasteiger partial charge in [-0.1, -0.05) is 23.2 Å². The highest BCUT2D eigenvalue weighted by molar-refractivity contribution is 6.74. The second kappa shape index (κ2) is 3.30. The number of carbonyl (C=O) groups is 1. The third kappa shape index (κ3) is 2.92. The predicted molar refractivity (Wildman–Crippen MR) is 30.6 cm³/mol. The van der Waals surface area contributed by atoms with E-state index in [4.69, 9.17) is 34.8 Å². The van der Waals surface area contributed by atoms with Gasteiger partial charge in [0.15, 0.2) is 0 Å². The molecule has 0 rings (SSSR count). The van der Waals surface area contributed by atoms with Gasteiger partial charge >= 0.3 is 0 Å². The van der Waals surface area contributed by atoms with Crippen molar-refractivity contribution in [1.82, 2.24) is 0 Å². The van der Waals surface area contributed by atoms with Crippen LogP contribution in [-0.4, -0.2) is 5.24 Å². The molecule has 0 atom stereocenters. The van der Waals surface area contributed by atoms with Crippen LogP contribution in [0, 0.1) is 0 Å². The number of allylic oxidation sites excluding steroid dienone is 1. The van der Waals surface area contributed by atoms with Crippen LogP contribution in [-0.2, 0) is 4.79 Å². The zero-order valence-electron chi connectivity index (χ0n) is 3.12. The van der Waals surface area contributed by atoms with Gasteiger partial charge in [0.05, 0.1) is 0 Å². The predicted octanol–water partition coefficient (Wildman–Crippen LogP) is 2.07. The number of carbonyl (C=O) groups excluding carboxylic acids is 1. The van der Waals surface area contributed by atoms with Crippen LogP contribution in [0.1, 0.15) is 0 Å². The Morgan fingerprint density at radius 2 is 1.86 bits per heavy atom. The van der Waals surface area contributed by atoms with E-state index in [1.165, 1.54) is 0 Å². The average Bonchev–Trinajstić information content (AvgIpc) is 1.65. The smallest absolute Gasteiger partial charge is 0.264 e. The molecule has 0 N–H and O–H groups in total. The lowest BCUT2D eigenvalue weighted by molar-refractivity contribution is -0.108. The maximum Gasteiger partial charge on any atom is 0.264 e. The quantitative estimate of drug-likeness (QED) is 0.423. The summed E-state index contributed by atoms with van der Waals surface area (Å²) in [5.74, 6) is 0. The van der Waals surface area contributed by atoms with Crippen LogP contribution in [0.4, 0.5) is 0 Å². The van der Waals surface area contributed by atoms with Crippen molar-refractivity contribution < 1.29 is 4.79 Å². The molecule has 0 aromatic rings. The van der Waals surface area contributed by atoms with E-state index in [0.29, 0.717) is 0 Å². The van der Waals surface area contributed by atoms with E-state index in [0.717, 1.165) is 5.54 Å². The summed E-state index contributed by atoms with van der Waals surface area (Å²) in [6.07, 6.45) is 0. The van der Waals surface area contributed by atoms with Crippen LogP contribution in [0.25, 0.3) is 0 Å². The van der Waals surface area contributed by atoms with Crippen molar-refractivity contribution >= 4 is 40.0 Å². The summed E-state index contributed by atoms with van der Waals surface area (Å²) in [5, 5.41) is -0.903. The summed E-state index contributed by atoms with van der Waals surface area (Å²) in [5.41, 5.74) is 0.914. The van der Waals surface area contributed by atoms with Crippen LogP contribution in [0.2, 0.25) is 0 Å². The van der Waals surface area contributed by atoms with Crippen LogP contribution >= 0.6 is 34.8 Å². The molecular formula is C3HCl3O. The molecule has 40 valence electrons. The first kappa shape index (κ1) is 7.28. The van der Waals surface area contributed by atoms with E-state index in [1.54, 1.807) is 0 Å². The lowest BCUT2D eigenvalue weighted by Gasteiger charge is -1.77. The summed E-state index contributed by atoms with van der Waals surface area (Å²) in [6, 6.07) is 0. The van der Waals surface area contributed by atoms with Gasteiger partial charge in [-0.15, -0.1) is 0 Å². The van der Waals surface area contributed by atoms with Gasteiger partial charge in [0.2, 0.25) is 0 Å². The highest BCUT2D eigenvalue weighted by atomic mass is 35.5. The van der Waals surface area contributed by atoms with Crippen molar-refractivity contribution in [3.8, 4) is 0 Å². The van der Waals surface area contributed by atoms with Crippen molar-refractivity contribution in [2.24, 2.45) is 0 Å². The number of hydrogen-bond acceptors (Lipinski definition) is 1. The minimum atomic E-state index is -0.739. The molecule has 1 nitrogen and oxygen atoms in total. The van der Waals surface area contributed by atoms with E-state index in [1.807, 2.05) is 0 Å². The second-order valence-corrected chi connectivity index (χ2v) is 1.70. The molecule has 0 amide bonds. The molecule has 7 heavy (non-hydrogen) atoms. The Kier molecular flexibility index (Phi) is 3.44. The molecular weight excluding hydrogens is 158 g/mol. The maximum atomic E-state index is 9.86. The minimum absolute atomic E-state index is 0.164. The Hall–Kier alpha value is 0.280. The zero-order chi connectivity index (χ0) is 5.86. The number of halogens is 3. The molecule has 0 saturated heterocycles. The fourth-order valence-corrected chi connectivity index (χ4v) is 0.252. The molecule has 0 radical (unpaired) electrons. The van der Waals surface area contributed by atoms with Gasteiger partial charge in [-0.2, -0.15) is 0 Å². The monoisotopic (exact) mass is 158 g/mol. The van der Waals surface area contributed by atoms with E-state index in [2.05, 4.69) is 0 Å². The highest BCUT2D eigenvalue weighted by Crippen LogP contribution is 2.05. The normalized spacial score (nSPS) is 11.6. The molecule has 0 saturated carbocycles. The third-order valence-corrected chi connectivity index (χ3v) is 1.19. The molecule has 0 fully saturated rings. The fraction of sp³-hybridized carbons (Fsp3) is 0. The van der Waals surface area contributed by atoms with Crippen molar-refractivity contribution in [3.05, 3.63) is 10.6 Å². The molecule has 0 bridgehead atoms. The molecule has 0 aromatic heterocycles. The number of hydrogen-bond donors (Lipinski definition) is 0. The molecule has 0 unspecified atom stereocenters. The average molecular weight is 159 g/mol. The Labute approximate surface area is 55.9 Å². The molecule has 0 aromatic carbocycles. The third-order valence-electron chi connectivity index (χ3n) is 0.284. The van der Waals surface area contributed by atoms with Crippen LogP contribution in [0.3, 0.4) is 0 Å². The molecule has 0 aliphatic rings. The Bertz CT molecular complexity index is 107. The van der Waals surface area contributed by atoms with E-state index in [-0.39, 0.29) is 5.03 Å². The maximum absolute atomic E-state index is 9.86. The van der Waals surface area contributed by atoms with Crippen molar-refractivity contribution in [3.63, 3.8) is 0 Å². The Balaban J connectivity index is 3.82. The highest BCUT2D eigenvalue weighted by Gasteiger charge is 1.97. The second-order valence-electron chi connectivity index (χ2n) is 0.731. The van der Waals surface area contributed by atoms with E-state index < -0.39 is 5.24 Å².